The number of carbonyl (C=O) groups excluding carboxylic acids is 1. The summed E-state index contributed by atoms with van der Waals surface area (Å²) in [6.45, 7) is 1.40. The molecule has 1 aliphatic heterocycles. The Morgan fingerprint density at radius 3 is 3.05 bits per heavy atom. The number of anilines is 2. The highest BCUT2D eigenvalue weighted by molar-refractivity contribution is 7.13. The Kier molecular flexibility index (Phi) is 4.53. The van der Waals surface area contributed by atoms with E-state index in [-0.39, 0.29) is 17.9 Å². The van der Waals surface area contributed by atoms with Gasteiger partial charge in [0.05, 0.1) is 5.69 Å². The van der Waals surface area contributed by atoms with Crippen LogP contribution in [0.1, 0.15) is 12.8 Å². The molecule has 0 radical (unpaired) electrons. The van der Waals surface area contributed by atoms with Crippen molar-refractivity contribution in [2.24, 2.45) is 0 Å². The fourth-order valence-electron chi connectivity index (χ4n) is 2.63. The van der Waals surface area contributed by atoms with Gasteiger partial charge in [-0.3, -0.25) is 5.32 Å². The first-order valence-corrected chi connectivity index (χ1v) is 8.07. The van der Waals surface area contributed by atoms with Crippen molar-refractivity contribution in [3.63, 3.8) is 0 Å². The summed E-state index contributed by atoms with van der Waals surface area (Å²) in [6, 6.07) is 6.46. The third kappa shape index (κ3) is 3.54. The molecule has 0 spiro atoms. The number of nitrogens with zero attached hydrogens (tertiary/aromatic N) is 2. The van der Waals surface area contributed by atoms with Crippen LogP contribution in [-0.4, -0.2) is 30.1 Å². The highest BCUT2D eigenvalue weighted by Gasteiger charge is 2.23. The number of para-hydroxylation sites is 1. The van der Waals surface area contributed by atoms with Crippen molar-refractivity contribution < 1.29 is 9.18 Å². The lowest BCUT2D eigenvalue weighted by molar-refractivity contribution is 0.246. The topological polar surface area (TPSA) is 57.3 Å². The maximum atomic E-state index is 13.9. The quantitative estimate of drug-likeness (QED) is 0.914. The summed E-state index contributed by atoms with van der Waals surface area (Å²) in [5.41, 5.74) is 0.592. The molecule has 2 N–H and O–H groups in total. The van der Waals surface area contributed by atoms with Crippen LogP contribution in [0.15, 0.2) is 35.8 Å². The Balaban J connectivity index is 1.59. The summed E-state index contributed by atoms with van der Waals surface area (Å²) < 4.78 is 13.9. The zero-order valence-corrected chi connectivity index (χ0v) is 12.8. The standard InChI is InChI=1S/C15H17FN4OS/c16-12-5-1-2-6-13(12)20-8-3-4-11(10-20)18-14(21)19-15-17-7-9-22-15/h1-2,5-7,9,11H,3-4,8,10H2,(H2,17,18,19,21). The molecule has 2 amide bonds. The van der Waals surface area contributed by atoms with Crippen LogP contribution in [0.25, 0.3) is 0 Å². The molecular weight excluding hydrogens is 303 g/mol. The second-order valence-corrected chi connectivity index (χ2v) is 6.07. The van der Waals surface area contributed by atoms with Gasteiger partial charge in [0, 0.05) is 30.7 Å². The predicted molar refractivity (Wildman–Crippen MR) is 85.9 cm³/mol. The molecule has 5 nitrogen and oxygen atoms in total. The van der Waals surface area contributed by atoms with Gasteiger partial charge in [-0.25, -0.2) is 14.2 Å². The SMILES string of the molecule is O=C(Nc1nccs1)NC1CCCN(c2ccccc2F)C1. The lowest BCUT2D eigenvalue weighted by Crippen LogP contribution is -2.49. The van der Waals surface area contributed by atoms with Crippen molar-refractivity contribution in [2.75, 3.05) is 23.3 Å². The lowest BCUT2D eigenvalue weighted by atomic mass is 10.0. The smallest absolute Gasteiger partial charge is 0.321 e. The number of benzene rings is 1. The number of rotatable bonds is 3. The third-order valence-electron chi connectivity index (χ3n) is 3.60. The third-order valence-corrected chi connectivity index (χ3v) is 4.29. The molecule has 3 rings (SSSR count). The van der Waals surface area contributed by atoms with Crippen LogP contribution in [0.4, 0.5) is 20.0 Å². The summed E-state index contributed by atoms with van der Waals surface area (Å²) in [4.78, 5) is 17.9. The molecule has 0 bridgehead atoms. The molecule has 1 saturated heterocycles. The van der Waals surface area contributed by atoms with Gasteiger partial charge < -0.3 is 10.2 Å². The van der Waals surface area contributed by atoms with E-state index in [4.69, 9.17) is 0 Å². The summed E-state index contributed by atoms with van der Waals surface area (Å²) >= 11 is 1.37. The van der Waals surface area contributed by atoms with Gasteiger partial charge >= 0.3 is 6.03 Å². The van der Waals surface area contributed by atoms with Crippen molar-refractivity contribution in [3.8, 4) is 0 Å². The van der Waals surface area contributed by atoms with Gasteiger partial charge in [-0.05, 0) is 25.0 Å². The zero-order valence-electron chi connectivity index (χ0n) is 12.0. The fraction of sp³-hybridized carbons (Fsp3) is 0.333. The number of nitrogens with one attached hydrogen (secondary N) is 2. The summed E-state index contributed by atoms with van der Waals surface area (Å²) in [6.07, 6.45) is 3.44. The second-order valence-electron chi connectivity index (χ2n) is 5.17. The maximum absolute atomic E-state index is 13.9. The normalized spacial score (nSPS) is 18.0. The number of hydrogen-bond acceptors (Lipinski definition) is 4. The van der Waals surface area contributed by atoms with Crippen molar-refractivity contribution in [1.82, 2.24) is 10.3 Å². The van der Waals surface area contributed by atoms with Gasteiger partial charge in [-0.15, -0.1) is 11.3 Å². The molecule has 1 aromatic heterocycles. The van der Waals surface area contributed by atoms with Crippen LogP contribution in [0, 0.1) is 5.82 Å². The van der Waals surface area contributed by atoms with Crippen molar-refractivity contribution >= 4 is 28.2 Å². The first-order chi connectivity index (χ1) is 10.7. The van der Waals surface area contributed by atoms with Gasteiger partial charge in [0.15, 0.2) is 5.13 Å². The zero-order chi connectivity index (χ0) is 15.4. The largest absolute Gasteiger partial charge is 0.367 e. The molecule has 1 unspecified atom stereocenters. The van der Waals surface area contributed by atoms with Gasteiger partial charge in [0.2, 0.25) is 0 Å². The molecule has 22 heavy (non-hydrogen) atoms. The molecule has 7 heteroatoms. The fourth-order valence-corrected chi connectivity index (χ4v) is 3.15. The van der Waals surface area contributed by atoms with Crippen LogP contribution in [0.5, 0.6) is 0 Å². The minimum Gasteiger partial charge on any atom is -0.367 e. The number of piperidine rings is 1. The molecule has 1 fully saturated rings. The van der Waals surface area contributed by atoms with Crippen LogP contribution in [-0.2, 0) is 0 Å². The molecule has 1 atom stereocenters. The summed E-state index contributed by atoms with van der Waals surface area (Å²) in [5.74, 6) is -0.226. The van der Waals surface area contributed by atoms with E-state index in [2.05, 4.69) is 15.6 Å². The molecular formula is C15H17FN4OS. The average molecular weight is 320 g/mol. The van der Waals surface area contributed by atoms with Crippen LogP contribution in [0.3, 0.4) is 0 Å². The van der Waals surface area contributed by atoms with Crippen LogP contribution >= 0.6 is 11.3 Å². The van der Waals surface area contributed by atoms with Crippen molar-refractivity contribution in [2.45, 2.75) is 18.9 Å². The van der Waals surface area contributed by atoms with Gasteiger partial charge in [-0.1, -0.05) is 12.1 Å². The Morgan fingerprint density at radius 1 is 1.41 bits per heavy atom. The first kappa shape index (κ1) is 14.8. The van der Waals surface area contributed by atoms with Crippen molar-refractivity contribution in [3.05, 3.63) is 41.7 Å². The molecule has 0 saturated carbocycles. The summed E-state index contributed by atoms with van der Waals surface area (Å²) in [5, 5.41) is 8.00. The van der Waals surface area contributed by atoms with Crippen LogP contribution in [0.2, 0.25) is 0 Å². The first-order valence-electron chi connectivity index (χ1n) is 7.19. The minimum atomic E-state index is -0.268. The van der Waals surface area contributed by atoms with Crippen molar-refractivity contribution in [1.29, 1.82) is 0 Å². The molecule has 1 aliphatic rings. The van der Waals surface area contributed by atoms with Gasteiger partial charge in [0.25, 0.3) is 0 Å². The molecule has 116 valence electrons. The van der Waals surface area contributed by atoms with E-state index in [1.807, 2.05) is 11.0 Å². The molecule has 2 heterocycles. The number of hydrogen-bond donors (Lipinski definition) is 2. The van der Waals surface area contributed by atoms with E-state index in [1.54, 1.807) is 23.7 Å². The second kappa shape index (κ2) is 6.74. The average Bonchev–Trinajstić information content (AvgIpc) is 3.00. The van der Waals surface area contributed by atoms with Crippen LogP contribution < -0.4 is 15.5 Å². The maximum Gasteiger partial charge on any atom is 0.321 e. The molecule has 2 aromatic rings. The monoisotopic (exact) mass is 320 g/mol. The predicted octanol–water partition coefficient (Wildman–Crippen LogP) is 3.07. The number of amides is 2. The number of aromatic nitrogens is 1. The van der Waals surface area contributed by atoms with Gasteiger partial charge in [-0.2, -0.15) is 0 Å². The highest BCUT2D eigenvalue weighted by atomic mass is 32.1. The van der Waals surface area contributed by atoms with E-state index in [9.17, 15) is 9.18 Å². The van der Waals surface area contributed by atoms with E-state index in [1.165, 1.54) is 17.4 Å². The minimum absolute atomic E-state index is 0.00619. The van der Waals surface area contributed by atoms with E-state index < -0.39 is 0 Å². The molecule has 1 aromatic carbocycles. The van der Waals surface area contributed by atoms with Gasteiger partial charge in [0.1, 0.15) is 5.82 Å². The van der Waals surface area contributed by atoms with E-state index in [0.29, 0.717) is 17.4 Å². The Bertz CT molecular complexity index is 634. The lowest BCUT2D eigenvalue weighted by Gasteiger charge is -2.34. The Labute approximate surface area is 132 Å². The number of thiazole rings is 1. The van der Waals surface area contributed by atoms with E-state index in [0.717, 1.165) is 19.4 Å². The molecule has 0 aliphatic carbocycles. The summed E-state index contributed by atoms with van der Waals surface area (Å²) in [7, 11) is 0. The highest BCUT2D eigenvalue weighted by Crippen LogP contribution is 2.23. The number of urea groups is 1. The Hall–Kier alpha value is -2.15. The van der Waals surface area contributed by atoms with E-state index >= 15 is 0 Å². The Morgan fingerprint density at radius 2 is 2.27 bits per heavy atom. The number of halogens is 1. The number of carbonyl (C=O) groups is 1.